The number of benzene rings is 1. The van der Waals surface area contributed by atoms with E-state index in [2.05, 4.69) is 41.4 Å². The van der Waals surface area contributed by atoms with E-state index in [4.69, 9.17) is 0 Å². The number of thioether (sulfide) groups is 1. The van der Waals surface area contributed by atoms with Crippen molar-refractivity contribution < 1.29 is 9.59 Å². The fourth-order valence-corrected chi connectivity index (χ4v) is 3.53. The highest BCUT2D eigenvalue weighted by Gasteiger charge is 2.16. The molecule has 2 heterocycles. The first kappa shape index (κ1) is 22.3. The number of anilines is 3. The van der Waals surface area contributed by atoms with Crippen molar-refractivity contribution in [3.63, 3.8) is 0 Å². The van der Waals surface area contributed by atoms with Crippen LogP contribution in [-0.4, -0.2) is 62.3 Å². The molecule has 0 bridgehead atoms. The molecule has 0 saturated carbocycles. The average Bonchev–Trinajstić information content (AvgIpc) is 3.17. The van der Waals surface area contributed by atoms with Gasteiger partial charge in [0.2, 0.25) is 17.8 Å². The van der Waals surface area contributed by atoms with Crippen LogP contribution < -0.4 is 21.3 Å². The summed E-state index contributed by atoms with van der Waals surface area (Å²) in [5.74, 6) is 1.16. The molecule has 12 heteroatoms. The van der Waals surface area contributed by atoms with Gasteiger partial charge < -0.3 is 21.3 Å². The van der Waals surface area contributed by atoms with Crippen molar-refractivity contribution in [2.75, 3.05) is 41.8 Å². The van der Waals surface area contributed by atoms with Gasteiger partial charge in [-0.15, -0.1) is 10.2 Å². The first-order valence-electron chi connectivity index (χ1n) is 9.83. The van der Waals surface area contributed by atoms with Crippen LogP contribution in [0.1, 0.15) is 29.8 Å². The van der Waals surface area contributed by atoms with Crippen LogP contribution in [0.2, 0.25) is 0 Å². The third-order valence-electron chi connectivity index (χ3n) is 4.24. The minimum absolute atomic E-state index is 0.123. The number of rotatable bonds is 9. The maximum absolute atomic E-state index is 12.5. The minimum atomic E-state index is -0.201. The molecule has 3 rings (SSSR count). The second-order valence-electron chi connectivity index (χ2n) is 6.50. The zero-order valence-electron chi connectivity index (χ0n) is 17.8. The van der Waals surface area contributed by atoms with Gasteiger partial charge in [0.05, 0.1) is 5.75 Å². The molecule has 0 unspecified atom stereocenters. The van der Waals surface area contributed by atoms with Crippen LogP contribution in [0.25, 0.3) is 5.78 Å². The second kappa shape index (κ2) is 10.1. The first-order chi connectivity index (χ1) is 15.0. The molecule has 0 saturated heterocycles. The van der Waals surface area contributed by atoms with E-state index in [0.717, 1.165) is 5.56 Å². The van der Waals surface area contributed by atoms with Crippen LogP contribution in [-0.2, 0) is 4.79 Å². The van der Waals surface area contributed by atoms with Gasteiger partial charge in [-0.25, -0.2) is 4.40 Å². The number of hydrogen-bond acceptors (Lipinski definition) is 9. The lowest BCUT2D eigenvalue weighted by molar-refractivity contribution is -0.113. The highest BCUT2D eigenvalue weighted by atomic mass is 32.2. The van der Waals surface area contributed by atoms with E-state index in [1.807, 2.05) is 20.8 Å². The van der Waals surface area contributed by atoms with Gasteiger partial charge in [-0.1, -0.05) is 11.8 Å². The smallest absolute Gasteiger partial charge is 0.261 e. The third kappa shape index (κ3) is 5.20. The fourth-order valence-electron chi connectivity index (χ4n) is 2.80. The first-order valence-corrected chi connectivity index (χ1v) is 10.8. The van der Waals surface area contributed by atoms with Crippen molar-refractivity contribution in [1.82, 2.24) is 29.9 Å². The Kier molecular flexibility index (Phi) is 7.23. The fraction of sp³-hybridized carbons (Fsp3) is 0.368. The number of hydrogen-bond donors (Lipinski definition) is 4. The van der Waals surface area contributed by atoms with Gasteiger partial charge in [0, 0.05) is 31.4 Å². The highest BCUT2D eigenvalue weighted by molar-refractivity contribution is 7.99. The molecule has 0 atom stereocenters. The molecule has 0 radical (unpaired) electrons. The standard InChI is InChI=1S/C19H25N9O2S/c1-5-21-16-24-17(22-6-2)28-18(25-16)26-27-19(28)31-10-14(29)23-13-8-7-12(9-11(13)3)15(30)20-4/h7-9H,5-6,10H2,1-4H3,(H,20,30)(H,23,29)(H2,21,22,24,25,26). The van der Waals surface area contributed by atoms with Gasteiger partial charge in [0.1, 0.15) is 0 Å². The van der Waals surface area contributed by atoms with Gasteiger partial charge in [0.15, 0.2) is 5.16 Å². The Bertz CT molecular complexity index is 1100. The van der Waals surface area contributed by atoms with Crippen molar-refractivity contribution in [2.45, 2.75) is 25.9 Å². The molecule has 1 aromatic carbocycles. The van der Waals surface area contributed by atoms with E-state index >= 15 is 0 Å². The number of carbonyl (C=O) groups excluding carboxylic acids is 2. The number of carbonyl (C=O) groups is 2. The van der Waals surface area contributed by atoms with Crippen molar-refractivity contribution in [3.05, 3.63) is 29.3 Å². The lowest BCUT2D eigenvalue weighted by Gasteiger charge is -2.11. The number of nitrogens with zero attached hydrogens (tertiary/aromatic N) is 5. The Morgan fingerprint density at radius 3 is 2.55 bits per heavy atom. The Balaban J connectivity index is 1.72. The van der Waals surface area contributed by atoms with E-state index < -0.39 is 0 Å². The van der Waals surface area contributed by atoms with Gasteiger partial charge in [-0.2, -0.15) is 9.97 Å². The van der Waals surface area contributed by atoms with Crippen molar-refractivity contribution in [1.29, 1.82) is 0 Å². The van der Waals surface area contributed by atoms with Crippen LogP contribution in [0.5, 0.6) is 0 Å². The summed E-state index contributed by atoms with van der Waals surface area (Å²) in [5, 5.41) is 20.5. The van der Waals surface area contributed by atoms with E-state index in [1.54, 1.807) is 29.6 Å². The molecule has 11 nitrogen and oxygen atoms in total. The Labute approximate surface area is 183 Å². The topological polar surface area (TPSA) is 138 Å². The molecule has 0 aliphatic heterocycles. The van der Waals surface area contributed by atoms with Crippen LogP contribution in [0.4, 0.5) is 17.6 Å². The van der Waals surface area contributed by atoms with Crippen molar-refractivity contribution >= 4 is 46.9 Å². The molecule has 2 aromatic heterocycles. The van der Waals surface area contributed by atoms with Gasteiger partial charge in [0.25, 0.3) is 11.7 Å². The van der Waals surface area contributed by atoms with Crippen molar-refractivity contribution in [2.24, 2.45) is 0 Å². The van der Waals surface area contributed by atoms with Crippen LogP contribution >= 0.6 is 11.8 Å². The number of aryl methyl sites for hydroxylation is 1. The molecular formula is C19H25N9O2S. The molecule has 2 amide bonds. The lowest BCUT2D eigenvalue weighted by atomic mass is 10.1. The Morgan fingerprint density at radius 1 is 1.10 bits per heavy atom. The number of amides is 2. The summed E-state index contributed by atoms with van der Waals surface area (Å²) >= 11 is 1.23. The summed E-state index contributed by atoms with van der Waals surface area (Å²) in [5.41, 5.74) is 1.98. The van der Waals surface area contributed by atoms with E-state index in [0.29, 0.717) is 47.2 Å². The number of nitrogens with one attached hydrogen (secondary N) is 4. The number of fused-ring (bicyclic) bond motifs is 1. The minimum Gasteiger partial charge on any atom is -0.355 e. The van der Waals surface area contributed by atoms with Crippen molar-refractivity contribution in [3.8, 4) is 0 Å². The third-order valence-corrected chi connectivity index (χ3v) is 5.17. The zero-order valence-corrected chi connectivity index (χ0v) is 18.6. The predicted molar refractivity (Wildman–Crippen MR) is 121 cm³/mol. The van der Waals surface area contributed by atoms with Crippen LogP contribution in [0.15, 0.2) is 23.4 Å². The summed E-state index contributed by atoms with van der Waals surface area (Å²) < 4.78 is 1.69. The molecule has 31 heavy (non-hydrogen) atoms. The molecule has 3 aromatic rings. The van der Waals surface area contributed by atoms with Gasteiger partial charge >= 0.3 is 0 Å². The Morgan fingerprint density at radius 2 is 1.87 bits per heavy atom. The molecule has 4 N–H and O–H groups in total. The monoisotopic (exact) mass is 443 g/mol. The molecule has 0 spiro atoms. The van der Waals surface area contributed by atoms with Gasteiger partial charge in [-0.05, 0) is 44.5 Å². The summed E-state index contributed by atoms with van der Waals surface area (Å²) in [7, 11) is 1.58. The molecule has 0 fully saturated rings. The average molecular weight is 444 g/mol. The summed E-state index contributed by atoms with van der Waals surface area (Å²) in [6.45, 7) is 7.09. The SMILES string of the molecule is CCNc1nc(NCC)n2c(SCC(=O)Nc3ccc(C(=O)NC)cc3C)nnc2n1. The van der Waals surface area contributed by atoms with E-state index in [1.165, 1.54) is 11.8 Å². The molecule has 164 valence electrons. The molecule has 0 aliphatic rings. The summed E-state index contributed by atoms with van der Waals surface area (Å²) in [6, 6.07) is 5.12. The summed E-state index contributed by atoms with van der Waals surface area (Å²) in [4.78, 5) is 33.0. The van der Waals surface area contributed by atoms with Gasteiger partial charge in [-0.3, -0.25) is 9.59 Å². The Hall–Kier alpha value is -3.41. The van der Waals surface area contributed by atoms with Crippen LogP contribution in [0, 0.1) is 6.92 Å². The predicted octanol–water partition coefficient (Wildman–Crippen LogP) is 1.78. The van der Waals surface area contributed by atoms with Crippen LogP contribution in [0.3, 0.4) is 0 Å². The number of aromatic nitrogens is 5. The van der Waals surface area contributed by atoms with E-state index in [-0.39, 0.29) is 17.6 Å². The highest BCUT2D eigenvalue weighted by Crippen LogP contribution is 2.22. The maximum atomic E-state index is 12.5. The quantitative estimate of drug-likeness (QED) is 0.365. The maximum Gasteiger partial charge on any atom is 0.261 e. The lowest BCUT2D eigenvalue weighted by Crippen LogP contribution is -2.19. The van der Waals surface area contributed by atoms with E-state index in [9.17, 15) is 9.59 Å². The molecule has 0 aliphatic carbocycles. The largest absolute Gasteiger partial charge is 0.355 e. The molecular weight excluding hydrogens is 418 g/mol. The second-order valence-corrected chi connectivity index (χ2v) is 7.44. The normalized spacial score (nSPS) is 10.7. The summed E-state index contributed by atoms with van der Waals surface area (Å²) in [6.07, 6.45) is 0. The zero-order chi connectivity index (χ0) is 22.4.